The molecule has 0 saturated heterocycles. The predicted molar refractivity (Wildman–Crippen MR) is 312 cm³/mol. The Kier molecular flexibility index (Phi) is 14.3. The van der Waals surface area contributed by atoms with E-state index in [1.807, 2.05) is 0 Å². The van der Waals surface area contributed by atoms with E-state index in [9.17, 15) is 0 Å². The van der Waals surface area contributed by atoms with Gasteiger partial charge in [0.05, 0.1) is 5.69 Å². The summed E-state index contributed by atoms with van der Waals surface area (Å²) >= 11 is 0. The van der Waals surface area contributed by atoms with Crippen molar-refractivity contribution >= 4 is 44.9 Å². The zero-order valence-electron chi connectivity index (χ0n) is 43.9. The second-order valence-electron chi connectivity index (χ2n) is 20.8. The third-order valence-corrected chi connectivity index (χ3v) is 15.7. The Labute approximate surface area is 431 Å². The van der Waals surface area contributed by atoms with Crippen LogP contribution in [0.25, 0.3) is 44.2 Å². The molecule has 0 spiro atoms. The van der Waals surface area contributed by atoms with Crippen molar-refractivity contribution in [3.63, 3.8) is 0 Å². The first kappa shape index (κ1) is 48.5. The summed E-state index contributed by atoms with van der Waals surface area (Å²) in [4.78, 5) is 5.13. The van der Waals surface area contributed by atoms with Crippen LogP contribution in [0.5, 0.6) is 0 Å². The minimum atomic E-state index is -0.188. The molecule has 0 fully saturated rings. The van der Waals surface area contributed by atoms with Gasteiger partial charge >= 0.3 is 0 Å². The van der Waals surface area contributed by atoms with Gasteiger partial charge in [-0.3, -0.25) is 0 Å². The van der Waals surface area contributed by atoms with Crippen LogP contribution >= 0.6 is 0 Å². The van der Waals surface area contributed by atoms with Crippen molar-refractivity contribution in [1.82, 2.24) is 0 Å². The summed E-state index contributed by atoms with van der Waals surface area (Å²) in [7, 11) is 0. The zero-order valence-corrected chi connectivity index (χ0v) is 43.9. The van der Waals surface area contributed by atoms with Crippen LogP contribution in [0, 0.1) is 34.6 Å². The van der Waals surface area contributed by atoms with E-state index in [4.69, 9.17) is 0 Å². The molecular weight excluding hydrogens is 869 g/mol. The van der Waals surface area contributed by atoms with E-state index >= 15 is 0 Å². The number of hydrogen-bond acceptors (Lipinski definition) is 2. The highest BCUT2D eigenvalue weighted by atomic mass is 15.2. The van der Waals surface area contributed by atoms with Gasteiger partial charge in [0.1, 0.15) is 0 Å². The molecule has 362 valence electrons. The van der Waals surface area contributed by atoms with E-state index in [-0.39, 0.29) is 5.41 Å². The van der Waals surface area contributed by atoms with E-state index in [1.54, 1.807) is 0 Å². The lowest BCUT2D eigenvalue weighted by Crippen LogP contribution is -2.26. The Hall–Kier alpha value is -7.16. The number of unbranched alkanes of at least 4 members (excludes halogenated alkanes) is 6. The van der Waals surface area contributed by atoms with E-state index in [1.165, 1.54) is 169 Å². The Bertz CT molecular complexity index is 3310. The highest BCUT2D eigenvalue weighted by Crippen LogP contribution is 2.60. The smallest absolute Gasteiger partial charge is 0.0543 e. The maximum absolute atomic E-state index is 2.66. The van der Waals surface area contributed by atoms with E-state index in [2.05, 4.69) is 246 Å². The molecule has 0 amide bonds. The van der Waals surface area contributed by atoms with Crippen molar-refractivity contribution in [2.45, 2.75) is 118 Å². The summed E-state index contributed by atoms with van der Waals surface area (Å²) in [6.07, 6.45) is 12.0. The molecule has 0 aliphatic heterocycles. The Balaban J connectivity index is 1.22. The molecule has 9 aromatic carbocycles. The minimum Gasteiger partial charge on any atom is -0.310 e. The fourth-order valence-electron chi connectivity index (χ4n) is 12.0. The van der Waals surface area contributed by atoms with Gasteiger partial charge in [-0.2, -0.15) is 0 Å². The molecule has 0 heterocycles. The molecule has 2 nitrogen and oxygen atoms in total. The van der Waals surface area contributed by atoms with Crippen molar-refractivity contribution in [1.29, 1.82) is 0 Å². The molecule has 0 atom stereocenters. The number of aryl methyl sites for hydroxylation is 5. The molecule has 1 aliphatic rings. The molecule has 2 heteroatoms. The molecule has 10 rings (SSSR count). The van der Waals surface area contributed by atoms with Crippen LogP contribution < -0.4 is 9.80 Å². The van der Waals surface area contributed by atoms with Crippen molar-refractivity contribution < 1.29 is 0 Å². The molecular formula is C70H72N2. The minimum absolute atomic E-state index is 0.188. The van der Waals surface area contributed by atoms with Crippen LogP contribution in [0.15, 0.2) is 188 Å². The standard InChI is InChI=1S/C70H72N2/c1-8-10-12-22-42-70(43-23-13-11-9-2)63-47-59(72(65-39-32-50(4)44-51(65)5)67-41-34-57(46-53(67)7)55-26-18-15-19-27-55)37-38-62(63)69-61-29-21-20-28-60(61)68(48-64(69)70)71(58-35-30-49(3)31-36-58)66-40-33-56(45-52(66)6)54-24-16-14-17-25-54/h14-21,24-41,44-48H,8-13,22-23,42-43H2,1-7H3. The second kappa shape index (κ2) is 21.3. The summed E-state index contributed by atoms with van der Waals surface area (Å²) < 4.78 is 0. The van der Waals surface area contributed by atoms with Crippen molar-refractivity contribution in [2.24, 2.45) is 0 Å². The van der Waals surface area contributed by atoms with Crippen LogP contribution in [0.2, 0.25) is 0 Å². The molecule has 0 saturated carbocycles. The van der Waals surface area contributed by atoms with Crippen LogP contribution in [0.4, 0.5) is 34.1 Å². The third kappa shape index (κ3) is 9.41. The lowest BCUT2D eigenvalue weighted by molar-refractivity contribution is 0.401. The van der Waals surface area contributed by atoms with E-state index in [0.717, 1.165) is 12.8 Å². The van der Waals surface area contributed by atoms with E-state index in [0.29, 0.717) is 0 Å². The summed E-state index contributed by atoms with van der Waals surface area (Å²) in [5.74, 6) is 0. The van der Waals surface area contributed by atoms with E-state index < -0.39 is 0 Å². The van der Waals surface area contributed by atoms with Gasteiger partial charge in [-0.1, -0.05) is 204 Å². The summed E-state index contributed by atoms with van der Waals surface area (Å²) in [6, 6.07) is 71.4. The SMILES string of the molecule is CCCCCCC1(CCCCCC)c2cc(N(c3ccc(C)cc3C)c3ccc(-c4ccccc4)cc3C)ccc2-c2c1cc(N(c1ccc(C)cc1)c1ccc(-c3ccccc3)cc1C)c1ccccc21. The molecule has 0 aromatic heterocycles. The first-order valence-corrected chi connectivity index (χ1v) is 27.0. The maximum Gasteiger partial charge on any atom is 0.0543 e. The quantitative estimate of drug-likeness (QED) is 0.0791. The number of anilines is 6. The molecule has 9 aromatic rings. The van der Waals surface area contributed by atoms with Gasteiger partial charge in [0.25, 0.3) is 0 Å². The monoisotopic (exact) mass is 941 g/mol. The molecule has 1 aliphatic carbocycles. The van der Waals surface area contributed by atoms with Gasteiger partial charge < -0.3 is 9.80 Å². The summed E-state index contributed by atoms with van der Waals surface area (Å²) in [5.41, 5.74) is 24.1. The van der Waals surface area contributed by atoms with Gasteiger partial charge in [0.2, 0.25) is 0 Å². The van der Waals surface area contributed by atoms with Crippen LogP contribution in [0.1, 0.15) is 117 Å². The Morgan fingerprint density at radius 2 is 0.833 bits per heavy atom. The lowest BCUT2D eigenvalue weighted by atomic mass is 9.70. The normalized spacial score (nSPS) is 12.5. The highest BCUT2D eigenvalue weighted by molar-refractivity contribution is 6.10. The van der Waals surface area contributed by atoms with Gasteiger partial charge in [-0.05, 0) is 175 Å². The third-order valence-electron chi connectivity index (χ3n) is 15.7. The first-order chi connectivity index (χ1) is 35.2. The van der Waals surface area contributed by atoms with Crippen LogP contribution in [0.3, 0.4) is 0 Å². The van der Waals surface area contributed by atoms with Gasteiger partial charge in [0.15, 0.2) is 0 Å². The number of nitrogens with zero attached hydrogens (tertiary/aromatic N) is 2. The van der Waals surface area contributed by atoms with Gasteiger partial charge in [-0.25, -0.2) is 0 Å². The highest BCUT2D eigenvalue weighted by Gasteiger charge is 2.44. The maximum atomic E-state index is 2.66. The average Bonchev–Trinajstić information content (AvgIpc) is 3.67. The fraction of sp³-hybridized carbons (Fsp3) is 0.257. The Morgan fingerprint density at radius 1 is 0.347 bits per heavy atom. The van der Waals surface area contributed by atoms with Crippen molar-refractivity contribution in [3.8, 4) is 33.4 Å². The summed E-state index contributed by atoms with van der Waals surface area (Å²) in [5, 5.41) is 2.61. The fourth-order valence-corrected chi connectivity index (χ4v) is 12.0. The largest absolute Gasteiger partial charge is 0.310 e. The van der Waals surface area contributed by atoms with Crippen molar-refractivity contribution in [2.75, 3.05) is 9.80 Å². The van der Waals surface area contributed by atoms with Gasteiger partial charge in [0, 0.05) is 39.2 Å². The Morgan fingerprint density at radius 3 is 1.38 bits per heavy atom. The molecule has 0 N–H and O–H groups in total. The molecule has 0 bridgehead atoms. The second-order valence-corrected chi connectivity index (χ2v) is 20.8. The number of hydrogen-bond donors (Lipinski definition) is 0. The average molecular weight is 941 g/mol. The molecule has 72 heavy (non-hydrogen) atoms. The number of fused-ring (bicyclic) bond motifs is 5. The first-order valence-electron chi connectivity index (χ1n) is 27.0. The molecule has 0 unspecified atom stereocenters. The topological polar surface area (TPSA) is 6.48 Å². The summed E-state index contributed by atoms with van der Waals surface area (Å²) in [6.45, 7) is 15.9. The number of rotatable bonds is 18. The lowest BCUT2D eigenvalue weighted by Gasteiger charge is -2.36. The van der Waals surface area contributed by atoms with Crippen LogP contribution in [-0.4, -0.2) is 0 Å². The van der Waals surface area contributed by atoms with Crippen LogP contribution in [-0.2, 0) is 5.41 Å². The molecule has 0 radical (unpaired) electrons. The zero-order chi connectivity index (χ0) is 49.8. The van der Waals surface area contributed by atoms with Crippen molar-refractivity contribution in [3.05, 3.63) is 227 Å². The van der Waals surface area contributed by atoms with Gasteiger partial charge in [-0.15, -0.1) is 0 Å². The number of benzene rings is 9. The predicted octanol–water partition coefficient (Wildman–Crippen LogP) is 20.9.